The summed E-state index contributed by atoms with van der Waals surface area (Å²) in [4.78, 5) is 24.6. The first-order valence-electron chi connectivity index (χ1n) is 7.78. The quantitative estimate of drug-likeness (QED) is 0.729. The standard InChI is InChI=1S/C16H22N2O5S/c1-11(16(20)21)10-18(2)15(19)13-4-3-5-14(8-13)24(22,23)17-9-12-6-7-12/h3-5,8,11-12,17H,6-7,9-10H2,1-2H3,(H,20,21). The van der Waals surface area contributed by atoms with Gasteiger partial charge in [-0.3, -0.25) is 9.59 Å². The van der Waals surface area contributed by atoms with Crippen molar-refractivity contribution in [3.8, 4) is 0 Å². The van der Waals surface area contributed by atoms with Crippen LogP contribution in [0.2, 0.25) is 0 Å². The van der Waals surface area contributed by atoms with E-state index in [-0.39, 0.29) is 17.0 Å². The zero-order valence-electron chi connectivity index (χ0n) is 13.7. The van der Waals surface area contributed by atoms with Crippen molar-refractivity contribution in [1.29, 1.82) is 0 Å². The summed E-state index contributed by atoms with van der Waals surface area (Å²) in [6.07, 6.45) is 2.07. The number of benzene rings is 1. The fourth-order valence-electron chi connectivity index (χ4n) is 2.22. The molecular formula is C16H22N2O5S. The first-order valence-corrected chi connectivity index (χ1v) is 9.27. The zero-order chi connectivity index (χ0) is 17.9. The average Bonchev–Trinajstić information content (AvgIpc) is 3.36. The molecule has 1 fully saturated rings. The molecule has 0 radical (unpaired) electrons. The third-order valence-electron chi connectivity index (χ3n) is 3.97. The van der Waals surface area contributed by atoms with E-state index in [4.69, 9.17) is 5.11 Å². The highest BCUT2D eigenvalue weighted by molar-refractivity contribution is 7.89. The largest absolute Gasteiger partial charge is 0.481 e. The van der Waals surface area contributed by atoms with Gasteiger partial charge < -0.3 is 10.0 Å². The molecule has 0 heterocycles. The molecule has 0 aromatic heterocycles. The van der Waals surface area contributed by atoms with Crippen molar-refractivity contribution >= 4 is 21.9 Å². The number of carboxylic acids is 1. The van der Waals surface area contributed by atoms with Gasteiger partial charge in [-0.15, -0.1) is 0 Å². The van der Waals surface area contributed by atoms with Crippen molar-refractivity contribution in [3.05, 3.63) is 29.8 Å². The smallest absolute Gasteiger partial charge is 0.308 e. The molecule has 0 aliphatic heterocycles. The fraction of sp³-hybridized carbons (Fsp3) is 0.500. The number of nitrogens with zero attached hydrogens (tertiary/aromatic N) is 1. The van der Waals surface area contributed by atoms with Crippen LogP contribution in [0.5, 0.6) is 0 Å². The number of sulfonamides is 1. The molecule has 1 aliphatic rings. The van der Waals surface area contributed by atoms with Gasteiger partial charge in [-0.05, 0) is 37.0 Å². The molecule has 0 bridgehead atoms. The lowest BCUT2D eigenvalue weighted by Gasteiger charge is -2.19. The highest BCUT2D eigenvalue weighted by atomic mass is 32.2. The summed E-state index contributed by atoms with van der Waals surface area (Å²) < 4.78 is 27.1. The third-order valence-corrected chi connectivity index (χ3v) is 5.39. The second-order valence-corrected chi connectivity index (χ2v) is 8.02. The van der Waals surface area contributed by atoms with Crippen molar-refractivity contribution in [2.24, 2.45) is 11.8 Å². The summed E-state index contributed by atoms with van der Waals surface area (Å²) in [7, 11) is -2.15. The number of carbonyl (C=O) groups excluding carboxylic acids is 1. The average molecular weight is 354 g/mol. The Morgan fingerprint density at radius 2 is 2.04 bits per heavy atom. The van der Waals surface area contributed by atoms with Crippen molar-refractivity contribution in [3.63, 3.8) is 0 Å². The Bertz CT molecular complexity index is 728. The van der Waals surface area contributed by atoms with Gasteiger partial charge in [0.2, 0.25) is 10.0 Å². The molecule has 1 aromatic rings. The summed E-state index contributed by atoms with van der Waals surface area (Å²) in [6, 6.07) is 5.78. The van der Waals surface area contributed by atoms with E-state index in [1.807, 2.05) is 0 Å². The van der Waals surface area contributed by atoms with Gasteiger partial charge in [-0.1, -0.05) is 13.0 Å². The van der Waals surface area contributed by atoms with Crippen molar-refractivity contribution in [2.45, 2.75) is 24.7 Å². The van der Waals surface area contributed by atoms with Gasteiger partial charge in [0.1, 0.15) is 0 Å². The van der Waals surface area contributed by atoms with E-state index < -0.39 is 27.8 Å². The van der Waals surface area contributed by atoms with E-state index in [0.717, 1.165) is 12.8 Å². The Hall–Kier alpha value is -1.93. The topological polar surface area (TPSA) is 104 Å². The molecule has 1 aromatic carbocycles. The summed E-state index contributed by atoms with van der Waals surface area (Å²) in [5.41, 5.74) is 0.212. The van der Waals surface area contributed by atoms with Crippen LogP contribution in [0, 0.1) is 11.8 Å². The van der Waals surface area contributed by atoms with Crippen LogP contribution in [0.1, 0.15) is 30.1 Å². The summed E-state index contributed by atoms with van der Waals surface area (Å²) >= 11 is 0. The number of carbonyl (C=O) groups is 2. The molecule has 1 aliphatic carbocycles. The Labute approximate surface area is 141 Å². The molecule has 0 saturated heterocycles. The summed E-state index contributed by atoms with van der Waals surface area (Å²) in [5.74, 6) is -1.70. The van der Waals surface area contributed by atoms with Crippen LogP contribution in [0.15, 0.2) is 29.2 Å². The maximum Gasteiger partial charge on any atom is 0.308 e. The Morgan fingerprint density at radius 1 is 1.38 bits per heavy atom. The molecule has 1 unspecified atom stereocenters. The van der Waals surface area contributed by atoms with E-state index in [0.29, 0.717) is 12.5 Å². The molecule has 2 rings (SSSR count). The Morgan fingerprint density at radius 3 is 2.62 bits per heavy atom. The first-order chi connectivity index (χ1) is 11.2. The van der Waals surface area contributed by atoms with Crippen LogP contribution in [0.3, 0.4) is 0 Å². The molecule has 1 atom stereocenters. The molecule has 1 saturated carbocycles. The van der Waals surface area contributed by atoms with Crippen LogP contribution in [0.25, 0.3) is 0 Å². The van der Waals surface area contributed by atoms with Gasteiger partial charge in [0.25, 0.3) is 5.91 Å². The van der Waals surface area contributed by atoms with Gasteiger partial charge in [-0.25, -0.2) is 13.1 Å². The molecular weight excluding hydrogens is 332 g/mol. The number of rotatable bonds is 8. The second kappa shape index (κ2) is 7.31. The monoisotopic (exact) mass is 354 g/mol. The van der Waals surface area contributed by atoms with Gasteiger partial charge in [0, 0.05) is 25.7 Å². The van der Waals surface area contributed by atoms with Crippen LogP contribution >= 0.6 is 0 Å². The SMILES string of the molecule is CC(CN(C)C(=O)c1cccc(S(=O)(=O)NCC2CC2)c1)C(=O)O. The van der Waals surface area contributed by atoms with Gasteiger partial charge in [0.15, 0.2) is 0 Å². The van der Waals surface area contributed by atoms with Crippen molar-refractivity contribution in [2.75, 3.05) is 20.1 Å². The molecule has 0 spiro atoms. The van der Waals surface area contributed by atoms with Gasteiger partial charge in [0.05, 0.1) is 10.8 Å². The second-order valence-electron chi connectivity index (χ2n) is 6.25. The van der Waals surface area contributed by atoms with Crippen LogP contribution < -0.4 is 4.72 Å². The number of carboxylic acid groups (broad SMARTS) is 1. The third kappa shape index (κ3) is 4.78. The molecule has 2 N–H and O–H groups in total. The maximum absolute atomic E-state index is 12.4. The fourth-order valence-corrected chi connectivity index (χ4v) is 3.38. The van der Waals surface area contributed by atoms with Gasteiger partial charge >= 0.3 is 5.97 Å². The summed E-state index contributed by atoms with van der Waals surface area (Å²) in [6.45, 7) is 1.97. The minimum absolute atomic E-state index is 0.0358. The van der Waals surface area contributed by atoms with E-state index >= 15 is 0 Å². The first kappa shape index (κ1) is 18.4. The minimum Gasteiger partial charge on any atom is -0.481 e. The van der Waals surface area contributed by atoms with Crippen LogP contribution in [0.4, 0.5) is 0 Å². The van der Waals surface area contributed by atoms with E-state index in [1.165, 1.54) is 43.1 Å². The van der Waals surface area contributed by atoms with Crippen molar-refractivity contribution in [1.82, 2.24) is 9.62 Å². The highest BCUT2D eigenvalue weighted by Gasteiger charge is 2.25. The lowest BCUT2D eigenvalue weighted by Crippen LogP contribution is -2.34. The van der Waals surface area contributed by atoms with E-state index in [9.17, 15) is 18.0 Å². The van der Waals surface area contributed by atoms with Crippen LogP contribution in [-0.2, 0) is 14.8 Å². The maximum atomic E-state index is 12.4. The van der Waals surface area contributed by atoms with E-state index in [1.54, 1.807) is 0 Å². The number of nitrogens with one attached hydrogen (secondary N) is 1. The number of amides is 1. The molecule has 24 heavy (non-hydrogen) atoms. The zero-order valence-corrected chi connectivity index (χ0v) is 14.5. The summed E-state index contributed by atoms with van der Waals surface area (Å²) in [5, 5.41) is 8.92. The molecule has 132 valence electrons. The van der Waals surface area contributed by atoms with E-state index in [2.05, 4.69) is 4.72 Å². The predicted octanol–water partition coefficient (Wildman–Crippen LogP) is 1.17. The number of hydrogen-bond donors (Lipinski definition) is 2. The Kier molecular flexibility index (Phi) is 5.61. The highest BCUT2D eigenvalue weighted by Crippen LogP contribution is 2.28. The lowest BCUT2D eigenvalue weighted by atomic mass is 10.1. The Balaban J connectivity index is 2.10. The van der Waals surface area contributed by atoms with Crippen LogP contribution in [-0.4, -0.2) is 50.4 Å². The molecule has 8 heteroatoms. The minimum atomic E-state index is -3.65. The lowest BCUT2D eigenvalue weighted by molar-refractivity contribution is -0.141. The number of hydrogen-bond acceptors (Lipinski definition) is 4. The van der Waals surface area contributed by atoms with Crippen molar-refractivity contribution < 1.29 is 23.1 Å². The number of aliphatic carboxylic acids is 1. The normalized spacial score (nSPS) is 15.8. The predicted molar refractivity (Wildman–Crippen MR) is 88.1 cm³/mol. The molecule has 1 amide bonds. The van der Waals surface area contributed by atoms with Gasteiger partial charge in [-0.2, -0.15) is 0 Å². The molecule has 7 nitrogen and oxygen atoms in total.